The van der Waals surface area contributed by atoms with E-state index < -0.39 is 0 Å². The number of hydrogen-bond donors (Lipinski definition) is 2. The highest BCUT2D eigenvalue weighted by atomic mass is 32.2. The Morgan fingerprint density at radius 1 is 1.37 bits per heavy atom. The molecule has 0 aliphatic carbocycles. The van der Waals surface area contributed by atoms with Gasteiger partial charge in [0.25, 0.3) is 0 Å². The highest BCUT2D eigenvalue weighted by molar-refractivity contribution is 8.00. The van der Waals surface area contributed by atoms with Gasteiger partial charge < -0.3 is 11.1 Å². The number of hydrogen-bond acceptors (Lipinski definition) is 5. The normalized spacial score (nSPS) is 14.4. The van der Waals surface area contributed by atoms with E-state index in [9.17, 15) is 4.79 Å². The molecule has 1 rings (SSSR count). The van der Waals surface area contributed by atoms with Crippen molar-refractivity contribution in [2.75, 3.05) is 5.73 Å². The molecule has 0 bridgehead atoms. The van der Waals surface area contributed by atoms with Crippen molar-refractivity contribution in [2.24, 2.45) is 0 Å². The molecule has 0 fully saturated rings. The Morgan fingerprint density at radius 3 is 2.53 bits per heavy atom. The third kappa shape index (κ3) is 4.12. The van der Waals surface area contributed by atoms with E-state index >= 15 is 0 Å². The number of nitrogens with one attached hydrogen (secondary N) is 1. The maximum Gasteiger partial charge on any atom is 0.233 e. The first kappa shape index (κ1) is 15.8. The van der Waals surface area contributed by atoms with E-state index in [-0.39, 0.29) is 23.2 Å². The van der Waals surface area contributed by atoms with Crippen LogP contribution in [0.4, 0.5) is 5.95 Å². The Kier molecular flexibility index (Phi) is 5.65. The van der Waals surface area contributed by atoms with Crippen LogP contribution < -0.4 is 11.1 Å². The third-order valence-corrected chi connectivity index (χ3v) is 3.92. The Labute approximate surface area is 118 Å². The van der Waals surface area contributed by atoms with Crippen LogP contribution in [0, 0.1) is 0 Å². The van der Waals surface area contributed by atoms with Crippen molar-refractivity contribution in [1.29, 1.82) is 0 Å². The maximum atomic E-state index is 12.0. The first-order valence-electron chi connectivity index (χ1n) is 6.54. The summed E-state index contributed by atoms with van der Waals surface area (Å²) in [5.41, 5.74) is 5.77. The van der Waals surface area contributed by atoms with Crippen LogP contribution in [0.1, 0.15) is 47.1 Å². The molecule has 3 N–H and O–H groups in total. The van der Waals surface area contributed by atoms with Gasteiger partial charge in [-0.1, -0.05) is 18.7 Å². The average molecular weight is 285 g/mol. The van der Waals surface area contributed by atoms with Gasteiger partial charge in [0.1, 0.15) is 0 Å². The Hall–Kier alpha value is -1.24. The molecule has 1 heterocycles. The number of anilines is 1. The molecule has 7 heteroatoms. The second kappa shape index (κ2) is 6.79. The fourth-order valence-corrected chi connectivity index (χ4v) is 2.53. The number of carbonyl (C=O) groups is 1. The molecule has 19 heavy (non-hydrogen) atoms. The lowest BCUT2D eigenvalue weighted by Gasteiger charge is -2.17. The largest absolute Gasteiger partial charge is 0.368 e. The molecule has 0 aliphatic heterocycles. The van der Waals surface area contributed by atoms with Crippen molar-refractivity contribution in [3.63, 3.8) is 0 Å². The number of nitrogens with two attached hydrogens (primary N) is 1. The highest BCUT2D eigenvalue weighted by Crippen LogP contribution is 2.26. The summed E-state index contributed by atoms with van der Waals surface area (Å²) in [6.45, 7) is 9.90. The molecule has 1 amide bonds. The highest BCUT2D eigenvalue weighted by Gasteiger charge is 2.21. The fourth-order valence-electron chi connectivity index (χ4n) is 1.53. The van der Waals surface area contributed by atoms with Crippen LogP contribution in [0.3, 0.4) is 0 Å². The number of thioether (sulfide) groups is 1. The lowest BCUT2D eigenvalue weighted by atomic mass is 10.2. The van der Waals surface area contributed by atoms with E-state index in [4.69, 9.17) is 5.73 Å². The minimum Gasteiger partial charge on any atom is -0.368 e. The van der Waals surface area contributed by atoms with Crippen LogP contribution in [0.15, 0.2) is 5.16 Å². The molecule has 108 valence electrons. The monoisotopic (exact) mass is 285 g/mol. The number of carbonyl (C=O) groups excluding carboxylic acids is 1. The van der Waals surface area contributed by atoms with Crippen molar-refractivity contribution >= 4 is 23.6 Å². The molecular formula is C12H23N5OS. The van der Waals surface area contributed by atoms with Crippen LogP contribution in [0.5, 0.6) is 0 Å². The predicted octanol–water partition coefficient (Wildman–Crippen LogP) is 1.84. The van der Waals surface area contributed by atoms with Gasteiger partial charge in [-0.15, -0.1) is 10.2 Å². The van der Waals surface area contributed by atoms with Crippen molar-refractivity contribution in [1.82, 2.24) is 20.1 Å². The summed E-state index contributed by atoms with van der Waals surface area (Å²) in [5.74, 6) is 0.392. The van der Waals surface area contributed by atoms with Crippen LogP contribution in [-0.2, 0) is 4.79 Å². The third-order valence-electron chi connectivity index (χ3n) is 2.86. The zero-order valence-electron chi connectivity index (χ0n) is 12.2. The van der Waals surface area contributed by atoms with E-state index in [2.05, 4.69) is 15.5 Å². The van der Waals surface area contributed by atoms with Crippen LogP contribution >= 0.6 is 11.8 Å². The molecular weight excluding hydrogens is 262 g/mol. The standard InChI is InChI=1S/C12H23N5OS/c1-6-8(4)14-10(18)9(5)19-12-16-15-11(13)17(12)7(2)3/h7-9H,6H2,1-5H3,(H2,13,15)(H,14,18). The SMILES string of the molecule is CCC(C)NC(=O)C(C)Sc1nnc(N)n1C(C)C. The fraction of sp³-hybridized carbons (Fsp3) is 0.750. The van der Waals surface area contributed by atoms with Crippen LogP contribution in [-0.4, -0.2) is 32.0 Å². The van der Waals surface area contributed by atoms with Gasteiger partial charge in [0.2, 0.25) is 11.9 Å². The Balaban J connectivity index is 2.72. The summed E-state index contributed by atoms with van der Waals surface area (Å²) in [4.78, 5) is 12.0. The minimum atomic E-state index is -0.227. The van der Waals surface area contributed by atoms with E-state index in [0.717, 1.165) is 6.42 Å². The van der Waals surface area contributed by atoms with Gasteiger partial charge in [0.05, 0.1) is 5.25 Å². The Bertz CT molecular complexity index is 432. The lowest BCUT2D eigenvalue weighted by Crippen LogP contribution is -2.37. The summed E-state index contributed by atoms with van der Waals surface area (Å²) in [6, 6.07) is 0.353. The van der Waals surface area contributed by atoms with Gasteiger partial charge in [-0.05, 0) is 34.1 Å². The van der Waals surface area contributed by atoms with E-state index in [0.29, 0.717) is 11.1 Å². The molecule has 0 saturated heterocycles. The van der Waals surface area contributed by atoms with Crippen LogP contribution in [0.2, 0.25) is 0 Å². The topological polar surface area (TPSA) is 85.8 Å². The number of nitrogens with zero attached hydrogens (tertiary/aromatic N) is 3. The van der Waals surface area contributed by atoms with Gasteiger partial charge in [0.15, 0.2) is 5.16 Å². The molecule has 0 aromatic carbocycles. The molecule has 0 radical (unpaired) electrons. The predicted molar refractivity (Wildman–Crippen MR) is 78.0 cm³/mol. The molecule has 6 nitrogen and oxygen atoms in total. The quantitative estimate of drug-likeness (QED) is 0.779. The Morgan fingerprint density at radius 2 is 2.00 bits per heavy atom. The minimum absolute atomic E-state index is 0.0104. The molecule has 2 atom stereocenters. The van der Waals surface area contributed by atoms with Crippen molar-refractivity contribution in [2.45, 2.75) is 63.5 Å². The molecule has 0 spiro atoms. The van der Waals surface area contributed by atoms with E-state index in [1.165, 1.54) is 11.8 Å². The van der Waals surface area contributed by atoms with Gasteiger partial charge in [-0.2, -0.15) is 0 Å². The molecule has 1 aromatic heterocycles. The summed E-state index contributed by atoms with van der Waals surface area (Å²) in [6.07, 6.45) is 0.915. The van der Waals surface area contributed by atoms with Gasteiger partial charge in [0, 0.05) is 12.1 Å². The number of nitrogen functional groups attached to an aromatic ring is 1. The smallest absolute Gasteiger partial charge is 0.233 e. The second-order valence-electron chi connectivity index (χ2n) is 4.88. The van der Waals surface area contributed by atoms with Gasteiger partial charge in [-0.25, -0.2) is 0 Å². The first-order chi connectivity index (χ1) is 8.86. The summed E-state index contributed by atoms with van der Waals surface area (Å²) in [5, 5.41) is 11.3. The first-order valence-corrected chi connectivity index (χ1v) is 7.42. The van der Waals surface area contributed by atoms with Crippen LogP contribution in [0.25, 0.3) is 0 Å². The lowest BCUT2D eigenvalue weighted by molar-refractivity contribution is -0.120. The van der Waals surface area contributed by atoms with E-state index in [1.54, 1.807) is 0 Å². The summed E-state index contributed by atoms with van der Waals surface area (Å²) in [7, 11) is 0. The zero-order chi connectivity index (χ0) is 14.6. The van der Waals surface area contributed by atoms with Crippen molar-refractivity contribution < 1.29 is 4.79 Å². The second-order valence-corrected chi connectivity index (χ2v) is 6.19. The summed E-state index contributed by atoms with van der Waals surface area (Å²) < 4.78 is 1.83. The molecule has 0 saturated carbocycles. The molecule has 1 aromatic rings. The van der Waals surface area contributed by atoms with Gasteiger partial charge in [-0.3, -0.25) is 9.36 Å². The summed E-state index contributed by atoms with van der Waals surface area (Å²) >= 11 is 1.38. The molecule has 0 aliphatic rings. The number of rotatable bonds is 6. The van der Waals surface area contributed by atoms with Gasteiger partial charge >= 0.3 is 0 Å². The number of aromatic nitrogens is 3. The zero-order valence-corrected chi connectivity index (χ0v) is 13.0. The number of amides is 1. The van der Waals surface area contributed by atoms with Crippen molar-refractivity contribution in [3.8, 4) is 0 Å². The van der Waals surface area contributed by atoms with E-state index in [1.807, 2.05) is 39.2 Å². The average Bonchev–Trinajstić information content (AvgIpc) is 2.70. The van der Waals surface area contributed by atoms with Crippen molar-refractivity contribution in [3.05, 3.63) is 0 Å². The maximum absolute atomic E-state index is 12.0. The molecule has 2 unspecified atom stereocenters.